The van der Waals surface area contributed by atoms with Crippen molar-refractivity contribution in [1.82, 2.24) is 9.80 Å². The number of amides is 1. The predicted molar refractivity (Wildman–Crippen MR) is 85.9 cm³/mol. The number of ether oxygens (including phenoxy) is 1. The lowest BCUT2D eigenvalue weighted by molar-refractivity contribution is -0.130. The van der Waals surface area contributed by atoms with Gasteiger partial charge in [0.15, 0.2) is 0 Å². The van der Waals surface area contributed by atoms with E-state index in [-0.39, 0.29) is 17.7 Å². The van der Waals surface area contributed by atoms with Crippen molar-refractivity contribution in [3.8, 4) is 5.75 Å². The van der Waals surface area contributed by atoms with Crippen molar-refractivity contribution in [2.45, 2.75) is 38.5 Å². The van der Waals surface area contributed by atoms with E-state index in [4.69, 9.17) is 0 Å². The molecule has 1 N–H and O–H groups in total. The average Bonchev–Trinajstić information content (AvgIpc) is 2.55. The molecule has 1 amide bonds. The highest BCUT2D eigenvalue weighted by Crippen LogP contribution is 2.22. The van der Waals surface area contributed by atoms with E-state index < -0.39 is 12.7 Å². The molecular weight excluding hydrogens is 318 g/mol. The van der Waals surface area contributed by atoms with E-state index in [0.29, 0.717) is 12.1 Å². The molecule has 0 spiro atoms. The average molecular weight is 342 g/mol. The summed E-state index contributed by atoms with van der Waals surface area (Å²) >= 11 is 0. The molecule has 2 rings (SSSR count). The molecule has 0 aromatic heterocycles. The van der Waals surface area contributed by atoms with Gasteiger partial charge in [-0.1, -0.05) is 12.1 Å². The van der Waals surface area contributed by atoms with Crippen LogP contribution in [0.3, 0.4) is 0 Å². The number of nitrogens with zero attached hydrogens (tertiary/aromatic N) is 2. The molecule has 1 atom stereocenters. The number of aliphatic hydroxyl groups excluding tert-OH is 1. The van der Waals surface area contributed by atoms with Crippen LogP contribution in [0.2, 0.25) is 0 Å². The summed E-state index contributed by atoms with van der Waals surface area (Å²) in [4.78, 5) is 15.3. The van der Waals surface area contributed by atoms with Gasteiger partial charge in [0.05, 0.1) is 6.10 Å². The Balaban J connectivity index is 1.83. The van der Waals surface area contributed by atoms with Gasteiger partial charge in [-0.15, -0.1) is 0 Å². The van der Waals surface area contributed by atoms with Crippen LogP contribution in [0, 0.1) is 0 Å². The monoisotopic (exact) mass is 342 g/mol. The maximum absolute atomic E-state index is 12.1. The summed E-state index contributed by atoms with van der Waals surface area (Å²) in [5.74, 6) is 0.147. The second-order valence-electron chi connectivity index (χ2n) is 6.13. The van der Waals surface area contributed by atoms with Crippen LogP contribution in [0.4, 0.5) is 8.78 Å². The van der Waals surface area contributed by atoms with Crippen molar-refractivity contribution in [3.63, 3.8) is 0 Å². The Morgan fingerprint density at radius 2 is 1.92 bits per heavy atom. The largest absolute Gasteiger partial charge is 0.435 e. The van der Waals surface area contributed by atoms with E-state index in [1.807, 2.05) is 7.05 Å². The first-order valence-electron chi connectivity index (χ1n) is 8.05. The first-order chi connectivity index (χ1) is 11.4. The standard InChI is InChI=1S/C17H24F2N2O3/c1-12(22)20(2)14-7-9-21(10-8-14)11-16(23)13-3-5-15(6-4-13)24-17(18)19/h3-6,14,16-17,23H,7-11H2,1-2H3. The van der Waals surface area contributed by atoms with Crippen LogP contribution in [0.25, 0.3) is 0 Å². The number of carbonyl (C=O) groups excluding carboxylic acids is 1. The number of likely N-dealkylation sites (tertiary alicyclic amines) is 1. The molecule has 5 nitrogen and oxygen atoms in total. The van der Waals surface area contributed by atoms with Crippen molar-refractivity contribution in [3.05, 3.63) is 29.8 Å². The highest BCUT2D eigenvalue weighted by atomic mass is 19.3. The van der Waals surface area contributed by atoms with Crippen LogP contribution < -0.4 is 4.74 Å². The minimum absolute atomic E-state index is 0.0691. The lowest BCUT2D eigenvalue weighted by Gasteiger charge is -2.37. The smallest absolute Gasteiger partial charge is 0.387 e. The molecule has 1 aromatic carbocycles. The van der Waals surface area contributed by atoms with E-state index in [0.717, 1.165) is 25.9 Å². The molecule has 1 heterocycles. The quantitative estimate of drug-likeness (QED) is 0.862. The zero-order valence-corrected chi connectivity index (χ0v) is 14.0. The van der Waals surface area contributed by atoms with Crippen molar-refractivity contribution in [2.75, 3.05) is 26.7 Å². The first kappa shape index (κ1) is 18.6. The maximum atomic E-state index is 12.1. The Hall–Kier alpha value is -1.73. The fourth-order valence-corrected chi connectivity index (χ4v) is 2.97. The Morgan fingerprint density at radius 1 is 1.33 bits per heavy atom. The van der Waals surface area contributed by atoms with Gasteiger partial charge in [0.2, 0.25) is 5.91 Å². The number of aliphatic hydroxyl groups is 1. The molecule has 1 aliphatic rings. The van der Waals surface area contributed by atoms with Gasteiger partial charge in [0.1, 0.15) is 5.75 Å². The zero-order valence-electron chi connectivity index (χ0n) is 14.0. The van der Waals surface area contributed by atoms with Crippen molar-refractivity contribution < 1.29 is 23.4 Å². The molecule has 1 aromatic rings. The number of benzene rings is 1. The summed E-state index contributed by atoms with van der Waals surface area (Å²) < 4.78 is 28.5. The number of carbonyl (C=O) groups is 1. The summed E-state index contributed by atoms with van der Waals surface area (Å²) in [5, 5.41) is 10.3. The minimum atomic E-state index is -2.85. The van der Waals surface area contributed by atoms with Crippen LogP contribution >= 0.6 is 0 Å². The van der Waals surface area contributed by atoms with Crippen molar-refractivity contribution >= 4 is 5.91 Å². The molecule has 1 unspecified atom stereocenters. The SMILES string of the molecule is CC(=O)N(C)C1CCN(CC(O)c2ccc(OC(F)F)cc2)CC1. The topological polar surface area (TPSA) is 53.0 Å². The Bertz CT molecular complexity index is 531. The van der Waals surface area contributed by atoms with Gasteiger partial charge in [0, 0.05) is 39.6 Å². The summed E-state index contributed by atoms with van der Waals surface area (Å²) in [7, 11) is 1.82. The molecule has 24 heavy (non-hydrogen) atoms. The van der Waals surface area contributed by atoms with Gasteiger partial charge >= 0.3 is 6.61 Å². The number of alkyl halides is 2. The van der Waals surface area contributed by atoms with Gasteiger partial charge in [-0.25, -0.2) is 0 Å². The van der Waals surface area contributed by atoms with E-state index in [9.17, 15) is 18.7 Å². The number of β-amino-alcohol motifs (C(OH)–C–C–N with tert-alkyl or cyclic N) is 1. The molecule has 0 bridgehead atoms. The number of hydrogen-bond donors (Lipinski definition) is 1. The van der Waals surface area contributed by atoms with E-state index >= 15 is 0 Å². The molecule has 1 fully saturated rings. The third-order valence-corrected chi connectivity index (χ3v) is 4.52. The maximum Gasteiger partial charge on any atom is 0.387 e. The fourth-order valence-electron chi connectivity index (χ4n) is 2.97. The van der Waals surface area contributed by atoms with Gasteiger partial charge in [-0.2, -0.15) is 8.78 Å². The number of hydrogen-bond acceptors (Lipinski definition) is 4. The van der Waals surface area contributed by atoms with Crippen molar-refractivity contribution in [2.24, 2.45) is 0 Å². The summed E-state index contributed by atoms with van der Waals surface area (Å²) in [6.07, 6.45) is 1.07. The Morgan fingerprint density at radius 3 is 2.42 bits per heavy atom. The highest BCUT2D eigenvalue weighted by Gasteiger charge is 2.25. The van der Waals surface area contributed by atoms with E-state index in [1.165, 1.54) is 12.1 Å². The van der Waals surface area contributed by atoms with Crippen LogP contribution in [-0.2, 0) is 4.79 Å². The van der Waals surface area contributed by atoms with Crippen molar-refractivity contribution in [1.29, 1.82) is 0 Å². The van der Waals surface area contributed by atoms with E-state index in [1.54, 1.807) is 24.0 Å². The zero-order chi connectivity index (χ0) is 17.7. The lowest BCUT2D eigenvalue weighted by Crippen LogP contribution is -2.45. The molecule has 0 aliphatic carbocycles. The third-order valence-electron chi connectivity index (χ3n) is 4.52. The van der Waals surface area contributed by atoms with Gasteiger partial charge in [0.25, 0.3) is 0 Å². The molecule has 0 radical (unpaired) electrons. The number of halogens is 2. The highest BCUT2D eigenvalue weighted by molar-refractivity contribution is 5.73. The molecule has 0 saturated carbocycles. The molecule has 7 heteroatoms. The molecule has 1 aliphatic heterocycles. The van der Waals surface area contributed by atoms with Gasteiger partial charge in [-0.3, -0.25) is 4.79 Å². The van der Waals surface area contributed by atoms with Crippen LogP contribution in [0.15, 0.2) is 24.3 Å². The van der Waals surface area contributed by atoms with Gasteiger partial charge in [-0.05, 0) is 30.5 Å². The second kappa shape index (κ2) is 8.39. The minimum Gasteiger partial charge on any atom is -0.435 e. The van der Waals surface area contributed by atoms with Crippen LogP contribution in [0.1, 0.15) is 31.4 Å². The number of rotatable bonds is 6. The molecule has 134 valence electrons. The molecule has 1 saturated heterocycles. The number of piperidine rings is 1. The lowest BCUT2D eigenvalue weighted by atomic mass is 10.0. The Labute approximate surface area is 140 Å². The first-order valence-corrected chi connectivity index (χ1v) is 8.05. The third kappa shape index (κ3) is 5.14. The normalized spacial score (nSPS) is 17.8. The van der Waals surface area contributed by atoms with Crippen LogP contribution in [-0.4, -0.2) is 60.1 Å². The predicted octanol–water partition coefficient (Wildman–Crippen LogP) is 2.26. The van der Waals surface area contributed by atoms with E-state index in [2.05, 4.69) is 9.64 Å². The summed E-state index contributed by atoms with van der Waals surface area (Å²) in [6, 6.07) is 6.30. The summed E-state index contributed by atoms with van der Waals surface area (Å²) in [6.45, 7) is 0.816. The Kier molecular flexibility index (Phi) is 6.51. The molecular formula is C17H24F2N2O3. The van der Waals surface area contributed by atoms with Gasteiger partial charge < -0.3 is 19.6 Å². The second-order valence-corrected chi connectivity index (χ2v) is 6.13. The fraction of sp³-hybridized carbons (Fsp3) is 0.588. The summed E-state index contributed by atoms with van der Waals surface area (Å²) in [5.41, 5.74) is 0.666. The van der Waals surface area contributed by atoms with Crippen LogP contribution in [0.5, 0.6) is 5.75 Å².